The molecule has 2 aromatic carbocycles. The number of anilines is 1. The maximum atomic E-state index is 12.5. The van der Waals surface area contributed by atoms with Gasteiger partial charge < -0.3 is 14.4 Å². The van der Waals surface area contributed by atoms with Crippen molar-refractivity contribution in [1.82, 2.24) is 4.90 Å². The largest absolute Gasteiger partial charge is 0.481 e. The maximum Gasteiger partial charge on any atom is 0.263 e. The molecule has 3 rings (SSSR count). The molecule has 1 aliphatic heterocycles. The van der Waals surface area contributed by atoms with Crippen molar-refractivity contribution >= 4 is 37.5 Å². The molecular formula is C19H21BrN2O5S. The number of hydrogen-bond acceptors (Lipinski definition) is 5. The molecule has 28 heavy (non-hydrogen) atoms. The number of rotatable bonds is 6. The maximum absolute atomic E-state index is 12.5. The summed E-state index contributed by atoms with van der Waals surface area (Å²) in [5.41, 5.74) is 0.466. The molecular weight excluding hydrogens is 448 g/mol. The van der Waals surface area contributed by atoms with Gasteiger partial charge in [-0.3, -0.25) is 9.52 Å². The van der Waals surface area contributed by atoms with Crippen molar-refractivity contribution in [3.05, 3.63) is 53.0 Å². The Labute approximate surface area is 172 Å². The van der Waals surface area contributed by atoms with Crippen LogP contribution in [0.3, 0.4) is 0 Å². The highest BCUT2D eigenvalue weighted by atomic mass is 79.9. The first kappa shape index (κ1) is 20.6. The van der Waals surface area contributed by atoms with Gasteiger partial charge in [-0.2, -0.15) is 0 Å². The zero-order valence-corrected chi connectivity index (χ0v) is 17.7. The van der Waals surface area contributed by atoms with Crippen molar-refractivity contribution in [1.29, 1.82) is 0 Å². The first-order valence-electron chi connectivity index (χ1n) is 8.77. The third-order valence-electron chi connectivity index (χ3n) is 4.21. The Bertz CT molecular complexity index is 910. The fourth-order valence-corrected chi connectivity index (χ4v) is 4.05. The van der Waals surface area contributed by atoms with Crippen molar-refractivity contribution in [2.45, 2.75) is 17.9 Å². The minimum atomic E-state index is -3.71. The number of ether oxygens (including phenoxy) is 2. The summed E-state index contributed by atoms with van der Waals surface area (Å²) in [6.07, 6.45) is -0.665. The van der Waals surface area contributed by atoms with Crippen molar-refractivity contribution < 1.29 is 22.7 Å². The summed E-state index contributed by atoms with van der Waals surface area (Å²) in [7, 11) is -3.71. The molecule has 150 valence electrons. The highest BCUT2D eigenvalue weighted by molar-refractivity contribution is 9.10. The second-order valence-electron chi connectivity index (χ2n) is 6.28. The topological polar surface area (TPSA) is 84.9 Å². The average Bonchev–Trinajstić information content (AvgIpc) is 2.70. The van der Waals surface area contributed by atoms with E-state index < -0.39 is 16.1 Å². The summed E-state index contributed by atoms with van der Waals surface area (Å²) in [6.45, 7) is 3.82. The normalized spacial score (nSPS) is 15.7. The summed E-state index contributed by atoms with van der Waals surface area (Å²) in [4.78, 5) is 14.2. The van der Waals surface area contributed by atoms with Gasteiger partial charge in [0.05, 0.1) is 18.1 Å². The van der Waals surface area contributed by atoms with Gasteiger partial charge in [-0.1, -0.05) is 15.9 Å². The molecule has 2 aromatic rings. The molecule has 1 amide bonds. The molecule has 0 aromatic heterocycles. The van der Waals surface area contributed by atoms with E-state index in [0.29, 0.717) is 37.7 Å². The molecule has 0 aliphatic carbocycles. The van der Waals surface area contributed by atoms with E-state index >= 15 is 0 Å². The van der Waals surface area contributed by atoms with E-state index in [1.807, 2.05) is 0 Å². The van der Waals surface area contributed by atoms with Crippen LogP contribution in [0.25, 0.3) is 0 Å². The Morgan fingerprint density at radius 2 is 1.71 bits per heavy atom. The zero-order chi connectivity index (χ0) is 20.1. The Morgan fingerprint density at radius 1 is 1.11 bits per heavy atom. The summed E-state index contributed by atoms with van der Waals surface area (Å²) in [5, 5.41) is 0. The first-order chi connectivity index (χ1) is 13.3. The van der Waals surface area contributed by atoms with Gasteiger partial charge in [-0.05, 0) is 55.5 Å². The number of carbonyl (C=O) groups is 1. The van der Waals surface area contributed by atoms with E-state index in [2.05, 4.69) is 20.7 Å². The minimum absolute atomic E-state index is 0.106. The molecule has 0 spiro atoms. The van der Waals surface area contributed by atoms with Crippen LogP contribution in [0.2, 0.25) is 0 Å². The Morgan fingerprint density at radius 3 is 2.32 bits per heavy atom. The summed E-state index contributed by atoms with van der Waals surface area (Å²) < 4.78 is 39.3. The zero-order valence-electron chi connectivity index (χ0n) is 15.3. The summed E-state index contributed by atoms with van der Waals surface area (Å²) >= 11 is 3.31. The van der Waals surface area contributed by atoms with Crippen LogP contribution in [0.15, 0.2) is 57.9 Å². The molecule has 1 fully saturated rings. The molecule has 1 saturated heterocycles. The minimum Gasteiger partial charge on any atom is -0.481 e. The lowest BCUT2D eigenvalue weighted by molar-refractivity contribution is -0.142. The van der Waals surface area contributed by atoms with Crippen LogP contribution in [0.5, 0.6) is 5.75 Å². The van der Waals surface area contributed by atoms with Gasteiger partial charge in [0.2, 0.25) is 0 Å². The lowest BCUT2D eigenvalue weighted by Crippen LogP contribution is -2.46. The van der Waals surface area contributed by atoms with E-state index in [-0.39, 0.29) is 10.8 Å². The number of nitrogens with zero attached hydrogens (tertiary/aromatic N) is 1. The Kier molecular flexibility index (Phi) is 6.58. The molecule has 0 bridgehead atoms. The van der Waals surface area contributed by atoms with Crippen LogP contribution in [-0.4, -0.2) is 51.6 Å². The SMILES string of the molecule is C[C@@H](Oc1ccc(S(=O)(=O)Nc2ccc(Br)cc2)cc1)C(=O)N1CCOCC1. The number of sulfonamides is 1. The monoisotopic (exact) mass is 468 g/mol. The van der Waals surface area contributed by atoms with Gasteiger partial charge in [0.25, 0.3) is 15.9 Å². The van der Waals surface area contributed by atoms with Crippen LogP contribution >= 0.6 is 15.9 Å². The average molecular weight is 469 g/mol. The second kappa shape index (κ2) is 8.93. The number of benzene rings is 2. The molecule has 9 heteroatoms. The van der Waals surface area contributed by atoms with Gasteiger partial charge in [-0.15, -0.1) is 0 Å². The van der Waals surface area contributed by atoms with Crippen LogP contribution < -0.4 is 9.46 Å². The third kappa shape index (κ3) is 5.24. The van der Waals surface area contributed by atoms with E-state index in [1.165, 1.54) is 12.1 Å². The molecule has 1 aliphatic rings. The predicted molar refractivity (Wildman–Crippen MR) is 109 cm³/mol. The predicted octanol–water partition coefficient (Wildman–Crippen LogP) is 2.88. The molecule has 1 heterocycles. The van der Waals surface area contributed by atoms with Gasteiger partial charge in [0, 0.05) is 23.2 Å². The van der Waals surface area contributed by atoms with Gasteiger partial charge >= 0.3 is 0 Å². The fraction of sp³-hybridized carbons (Fsp3) is 0.316. The molecule has 1 N–H and O–H groups in total. The number of morpholine rings is 1. The highest BCUT2D eigenvalue weighted by Gasteiger charge is 2.24. The molecule has 0 saturated carbocycles. The standard InChI is InChI=1S/C19H21BrN2O5S/c1-14(19(23)22-10-12-26-13-11-22)27-17-6-8-18(9-7-17)28(24,25)21-16-4-2-15(20)3-5-16/h2-9,14,21H,10-13H2,1H3/t14-/m1/s1. The van der Waals surface area contributed by atoms with Crippen LogP contribution in [0.4, 0.5) is 5.69 Å². The molecule has 7 nitrogen and oxygen atoms in total. The quantitative estimate of drug-likeness (QED) is 0.704. The molecule has 0 unspecified atom stereocenters. The van der Waals surface area contributed by atoms with Crippen LogP contribution in [0.1, 0.15) is 6.92 Å². The number of hydrogen-bond donors (Lipinski definition) is 1. The smallest absolute Gasteiger partial charge is 0.263 e. The number of carbonyl (C=O) groups excluding carboxylic acids is 1. The van der Waals surface area contributed by atoms with Crippen molar-refractivity contribution in [3.63, 3.8) is 0 Å². The number of nitrogens with one attached hydrogen (secondary N) is 1. The van der Waals surface area contributed by atoms with Crippen molar-refractivity contribution in [3.8, 4) is 5.75 Å². The first-order valence-corrected chi connectivity index (χ1v) is 11.0. The van der Waals surface area contributed by atoms with Crippen LogP contribution in [0, 0.1) is 0 Å². The van der Waals surface area contributed by atoms with E-state index in [9.17, 15) is 13.2 Å². The van der Waals surface area contributed by atoms with Crippen molar-refractivity contribution in [2.75, 3.05) is 31.0 Å². The summed E-state index contributed by atoms with van der Waals surface area (Å²) in [6, 6.07) is 12.8. The van der Waals surface area contributed by atoms with Crippen molar-refractivity contribution in [2.24, 2.45) is 0 Å². The van der Waals surface area contributed by atoms with Gasteiger partial charge in [-0.25, -0.2) is 8.42 Å². The van der Waals surface area contributed by atoms with E-state index in [4.69, 9.17) is 9.47 Å². The molecule has 0 radical (unpaired) electrons. The lowest BCUT2D eigenvalue weighted by atomic mass is 10.3. The second-order valence-corrected chi connectivity index (χ2v) is 8.88. The number of amides is 1. The summed E-state index contributed by atoms with van der Waals surface area (Å²) in [5.74, 6) is 0.314. The van der Waals surface area contributed by atoms with Gasteiger partial charge in [0.1, 0.15) is 5.75 Å². The lowest BCUT2D eigenvalue weighted by Gasteiger charge is -2.29. The Hall–Kier alpha value is -2.10. The Balaban J connectivity index is 1.63. The van der Waals surface area contributed by atoms with Gasteiger partial charge in [0.15, 0.2) is 6.10 Å². The molecule has 1 atom stereocenters. The van der Waals surface area contributed by atoms with Crippen LogP contribution in [-0.2, 0) is 19.6 Å². The highest BCUT2D eigenvalue weighted by Crippen LogP contribution is 2.21. The fourth-order valence-electron chi connectivity index (χ4n) is 2.72. The van der Waals surface area contributed by atoms with E-state index in [0.717, 1.165) is 4.47 Å². The third-order valence-corrected chi connectivity index (χ3v) is 6.14. The van der Waals surface area contributed by atoms with E-state index in [1.54, 1.807) is 48.2 Å². The number of halogens is 1.